The van der Waals surface area contributed by atoms with Gasteiger partial charge < -0.3 is 19.4 Å². The number of nitrogens with two attached hydrogens (primary N) is 1. The molecule has 0 saturated carbocycles. The van der Waals surface area contributed by atoms with Crippen molar-refractivity contribution in [2.24, 2.45) is 0 Å². The molecule has 3 aromatic rings. The SMILES string of the molecule is COc1cccc(-c2c(N)noc2-c2ccc(C)o2)c1. The minimum atomic E-state index is 0.322. The van der Waals surface area contributed by atoms with Crippen LogP contribution in [0, 0.1) is 6.92 Å². The molecule has 0 aliphatic carbocycles. The second kappa shape index (κ2) is 4.77. The van der Waals surface area contributed by atoms with Gasteiger partial charge in [0.2, 0.25) is 5.76 Å². The number of aryl methyl sites for hydroxylation is 1. The van der Waals surface area contributed by atoms with Gasteiger partial charge >= 0.3 is 0 Å². The maximum Gasteiger partial charge on any atom is 0.212 e. The first-order valence-corrected chi connectivity index (χ1v) is 6.15. The summed E-state index contributed by atoms with van der Waals surface area (Å²) in [4.78, 5) is 0. The molecule has 3 rings (SSSR count). The predicted molar refractivity (Wildman–Crippen MR) is 75.3 cm³/mol. The van der Waals surface area contributed by atoms with E-state index in [1.54, 1.807) is 7.11 Å². The van der Waals surface area contributed by atoms with E-state index in [1.807, 2.05) is 43.3 Å². The van der Waals surface area contributed by atoms with E-state index in [-0.39, 0.29) is 0 Å². The van der Waals surface area contributed by atoms with Crippen LogP contribution >= 0.6 is 0 Å². The number of nitrogens with zero attached hydrogens (tertiary/aromatic N) is 1. The lowest BCUT2D eigenvalue weighted by Crippen LogP contribution is -1.89. The van der Waals surface area contributed by atoms with Gasteiger partial charge in [0.05, 0.1) is 12.7 Å². The Hall–Kier alpha value is -2.69. The van der Waals surface area contributed by atoms with E-state index in [9.17, 15) is 0 Å². The lowest BCUT2D eigenvalue weighted by Gasteiger charge is -2.04. The monoisotopic (exact) mass is 270 g/mol. The summed E-state index contributed by atoms with van der Waals surface area (Å²) in [6.45, 7) is 1.87. The maximum atomic E-state index is 5.92. The summed E-state index contributed by atoms with van der Waals surface area (Å²) in [6.07, 6.45) is 0. The molecule has 0 aliphatic rings. The van der Waals surface area contributed by atoms with Gasteiger partial charge in [-0.3, -0.25) is 0 Å². The molecule has 5 heteroatoms. The number of aromatic nitrogens is 1. The molecule has 0 fully saturated rings. The summed E-state index contributed by atoms with van der Waals surface area (Å²) in [5, 5.41) is 3.84. The van der Waals surface area contributed by atoms with Gasteiger partial charge in [-0.25, -0.2) is 0 Å². The van der Waals surface area contributed by atoms with Gasteiger partial charge in [-0.15, -0.1) is 0 Å². The van der Waals surface area contributed by atoms with Crippen LogP contribution in [0.5, 0.6) is 5.75 Å². The third-order valence-electron chi connectivity index (χ3n) is 3.04. The van der Waals surface area contributed by atoms with E-state index in [0.717, 1.165) is 17.1 Å². The number of nitrogen functional groups attached to an aromatic ring is 1. The molecule has 20 heavy (non-hydrogen) atoms. The molecule has 0 atom stereocenters. The number of benzene rings is 1. The van der Waals surface area contributed by atoms with Crippen molar-refractivity contribution in [2.45, 2.75) is 6.92 Å². The number of hydrogen-bond donors (Lipinski definition) is 1. The Bertz CT molecular complexity index is 743. The van der Waals surface area contributed by atoms with Crippen molar-refractivity contribution >= 4 is 5.82 Å². The number of hydrogen-bond acceptors (Lipinski definition) is 5. The second-order valence-electron chi connectivity index (χ2n) is 4.41. The third-order valence-corrected chi connectivity index (χ3v) is 3.04. The Morgan fingerprint density at radius 2 is 2.05 bits per heavy atom. The molecule has 2 N–H and O–H groups in total. The van der Waals surface area contributed by atoms with Crippen LogP contribution in [0.15, 0.2) is 45.3 Å². The molecule has 102 valence electrons. The van der Waals surface area contributed by atoms with Gasteiger partial charge in [0.15, 0.2) is 11.6 Å². The fourth-order valence-corrected chi connectivity index (χ4v) is 2.08. The summed E-state index contributed by atoms with van der Waals surface area (Å²) < 4.78 is 16.1. The summed E-state index contributed by atoms with van der Waals surface area (Å²) in [5.41, 5.74) is 7.50. The molecule has 5 nitrogen and oxygen atoms in total. The van der Waals surface area contributed by atoms with Gasteiger partial charge in [-0.1, -0.05) is 17.3 Å². The Labute approximate surface area is 115 Å². The van der Waals surface area contributed by atoms with Crippen LogP contribution in [-0.2, 0) is 0 Å². The smallest absolute Gasteiger partial charge is 0.212 e. The average molecular weight is 270 g/mol. The Kier molecular flexibility index (Phi) is 2.95. The van der Waals surface area contributed by atoms with E-state index in [2.05, 4.69) is 5.16 Å². The predicted octanol–water partition coefficient (Wildman–Crippen LogP) is 3.50. The summed E-state index contributed by atoms with van der Waals surface area (Å²) in [6, 6.07) is 11.2. The van der Waals surface area contributed by atoms with Crippen LogP contribution < -0.4 is 10.5 Å². The van der Waals surface area contributed by atoms with Gasteiger partial charge in [-0.2, -0.15) is 0 Å². The fourth-order valence-electron chi connectivity index (χ4n) is 2.08. The lowest BCUT2D eigenvalue weighted by molar-refractivity contribution is 0.415. The van der Waals surface area contributed by atoms with E-state index >= 15 is 0 Å². The highest BCUT2D eigenvalue weighted by atomic mass is 16.5. The standard InChI is InChI=1S/C15H14N2O3/c1-9-6-7-12(19-9)14-13(15(16)17-20-14)10-4-3-5-11(8-10)18-2/h3-8H,1-2H3,(H2,16,17). The van der Waals surface area contributed by atoms with E-state index in [4.69, 9.17) is 19.4 Å². The van der Waals surface area contributed by atoms with Crippen molar-refractivity contribution in [3.05, 3.63) is 42.2 Å². The minimum absolute atomic E-state index is 0.322. The van der Waals surface area contributed by atoms with E-state index < -0.39 is 0 Å². The first kappa shape index (κ1) is 12.3. The Morgan fingerprint density at radius 1 is 1.20 bits per heavy atom. The molecule has 0 bridgehead atoms. The summed E-state index contributed by atoms with van der Waals surface area (Å²) in [7, 11) is 1.62. The molecule has 0 amide bonds. The first-order valence-electron chi connectivity index (χ1n) is 6.15. The number of anilines is 1. The zero-order valence-corrected chi connectivity index (χ0v) is 11.2. The van der Waals surface area contributed by atoms with Crippen LogP contribution in [0.2, 0.25) is 0 Å². The van der Waals surface area contributed by atoms with Gasteiger partial charge in [0, 0.05) is 0 Å². The van der Waals surface area contributed by atoms with Crippen LogP contribution in [0.1, 0.15) is 5.76 Å². The van der Waals surface area contributed by atoms with Gasteiger partial charge in [0.25, 0.3) is 0 Å². The molecular formula is C15H14N2O3. The van der Waals surface area contributed by atoms with Crippen LogP contribution in [-0.4, -0.2) is 12.3 Å². The second-order valence-corrected chi connectivity index (χ2v) is 4.41. The minimum Gasteiger partial charge on any atom is -0.497 e. The number of ether oxygens (including phenoxy) is 1. The van der Waals surface area contributed by atoms with Gasteiger partial charge in [-0.05, 0) is 36.8 Å². The lowest BCUT2D eigenvalue weighted by atomic mass is 10.0. The highest BCUT2D eigenvalue weighted by Gasteiger charge is 2.20. The van der Waals surface area contributed by atoms with Crippen LogP contribution in [0.3, 0.4) is 0 Å². The van der Waals surface area contributed by atoms with Crippen molar-refractivity contribution in [3.63, 3.8) is 0 Å². The summed E-state index contributed by atoms with van der Waals surface area (Å²) in [5.74, 6) is 2.98. The Balaban J connectivity index is 2.15. The molecule has 1 aromatic carbocycles. The van der Waals surface area contributed by atoms with Gasteiger partial charge in [0.1, 0.15) is 11.5 Å². The first-order chi connectivity index (χ1) is 9.69. The Morgan fingerprint density at radius 3 is 2.75 bits per heavy atom. The topological polar surface area (TPSA) is 74.4 Å². The maximum absolute atomic E-state index is 5.92. The molecule has 0 aliphatic heterocycles. The quantitative estimate of drug-likeness (QED) is 0.788. The molecular weight excluding hydrogens is 256 g/mol. The average Bonchev–Trinajstić information content (AvgIpc) is 3.05. The number of rotatable bonds is 3. The highest BCUT2D eigenvalue weighted by molar-refractivity contribution is 5.85. The van der Waals surface area contributed by atoms with Crippen LogP contribution in [0.4, 0.5) is 5.82 Å². The molecule has 0 radical (unpaired) electrons. The van der Waals surface area contributed by atoms with E-state index in [1.165, 1.54) is 0 Å². The molecule has 2 aromatic heterocycles. The molecule has 2 heterocycles. The largest absolute Gasteiger partial charge is 0.497 e. The van der Waals surface area contributed by atoms with Crippen molar-refractivity contribution < 1.29 is 13.7 Å². The molecule has 0 saturated heterocycles. The number of furan rings is 1. The highest BCUT2D eigenvalue weighted by Crippen LogP contribution is 2.38. The zero-order valence-electron chi connectivity index (χ0n) is 11.2. The van der Waals surface area contributed by atoms with Crippen LogP contribution in [0.25, 0.3) is 22.6 Å². The summed E-state index contributed by atoms with van der Waals surface area (Å²) >= 11 is 0. The third kappa shape index (κ3) is 2.03. The van der Waals surface area contributed by atoms with Crippen molar-refractivity contribution in [1.29, 1.82) is 0 Å². The fraction of sp³-hybridized carbons (Fsp3) is 0.133. The van der Waals surface area contributed by atoms with Crippen molar-refractivity contribution in [2.75, 3.05) is 12.8 Å². The normalized spacial score (nSPS) is 10.7. The van der Waals surface area contributed by atoms with E-state index in [0.29, 0.717) is 22.9 Å². The molecule has 0 spiro atoms. The van der Waals surface area contributed by atoms with Crippen molar-refractivity contribution in [3.8, 4) is 28.4 Å². The number of methoxy groups -OCH3 is 1. The zero-order chi connectivity index (χ0) is 14.1. The molecule has 0 unspecified atom stereocenters. The van der Waals surface area contributed by atoms with Crippen molar-refractivity contribution in [1.82, 2.24) is 5.16 Å².